The Morgan fingerprint density at radius 3 is 2.91 bits per heavy atom. The van der Waals surface area contributed by atoms with Gasteiger partial charge in [-0.25, -0.2) is 4.98 Å². The van der Waals surface area contributed by atoms with E-state index < -0.39 is 0 Å². The number of thiazole rings is 1. The zero-order valence-electron chi connectivity index (χ0n) is 11.8. The number of para-hydroxylation sites is 1. The highest BCUT2D eigenvalue weighted by Crippen LogP contribution is 2.35. The van der Waals surface area contributed by atoms with Gasteiger partial charge in [0, 0.05) is 6.42 Å². The van der Waals surface area contributed by atoms with Crippen LogP contribution in [0.25, 0.3) is 10.2 Å². The lowest BCUT2D eigenvalue weighted by atomic mass is 10.3. The van der Waals surface area contributed by atoms with Gasteiger partial charge in [0.25, 0.3) is 0 Å². The maximum absolute atomic E-state index is 11.3. The molecule has 114 valence electrons. The summed E-state index contributed by atoms with van der Waals surface area (Å²) in [5.74, 6) is -0.196. The van der Waals surface area contributed by atoms with Crippen molar-refractivity contribution < 1.29 is 9.53 Å². The normalized spacial score (nSPS) is 11.0. The molecule has 3 aromatic rings. The van der Waals surface area contributed by atoms with E-state index >= 15 is 0 Å². The first-order valence-electron chi connectivity index (χ1n) is 6.76. The Hall–Kier alpha value is -1.51. The van der Waals surface area contributed by atoms with Gasteiger partial charge in [-0.2, -0.15) is 0 Å². The molecule has 0 aliphatic carbocycles. The van der Waals surface area contributed by atoms with Crippen LogP contribution in [0.1, 0.15) is 18.4 Å². The third-order valence-electron chi connectivity index (χ3n) is 2.75. The van der Waals surface area contributed by atoms with Crippen LogP contribution in [0.5, 0.6) is 0 Å². The monoisotopic (exact) mass is 351 g/mol. The molecule has 3 rings (SSSR count). The fourth-order valence-electron chi connectivity index (χ4n) is 1.79. The minimum Gasteiger partial charge on any atom is -0.466 e. The van der Waals surface area contributed by atoms with E-state index in [0.29, 0.717) is 19.4 Å². The number of nitrogens with zero attached hydrogens (tertiary/aromatic N) is 3. The first-order valence-corrected chi connectivity index (χ1v) is 9.21. The van der Waals surface area contributed by atoms with Crippen molar-refractivity contribution in [3.05, 3.63) is 29.3 Å². The van der Waals surface area contributed by atoms with Crippen LogP contribution in [0.3, 0.4) is 0 Å². The fraction of sp³-hybridized carbons (Fsp3) is 0.286. The smallest absolute Gasteiger partial charge is 0.306 e. The van der Waals surface area contributed by atoms with Gasteiger partial charge >= 0.3 is 5.97 Å². The highest BCUT2D eigenvalue weighted by Gasteiger charge is 2.11. The highest BCUT2D eigenvalue weighted by atomic mass is 32.2. The summed E-state index contributed by atoms with van der Waals surface area (Å²) < 4.78 is 7.87. The van der Waals surface area contributed by atoms with Crippen molar-refractivity contribution >= 4 is 50.6 Å². The molecule has 0 aliphatic rings. The molecule has 5 nitrogen and oxygen atoms in total. The van der Waals surface area contributed by atoms with Gasteiger partial charge in [0.1, 0.15) is 5.01 Å². The molecule has 2 heterocycles. The number of esters is 1. The molecule has 0 atom stereocenters. The number of hydrogen-bond donors (Lipinski definition) is 0. The van der Waals surface area contributed by atoms with Gasteiger partial charge in [-0.1, -0.05) is 23.5 Å². The summed E-state index contributed by atoms with van der Waals surface area (Å²) in [6, 6.07) is 8.05. The van der Waals surface area contributed by atoms with Crippen LogP contribution in [0.4, 0.5) is 0 Å². The van der Waals surface area contributed by atoms with Gasteiger partial charge in [-0.3, -0.25) is 4.79 Å². The molecule has 8 heteroatoms. The van der Waals surface area contributed by atoms with Crippen LogP contribution in [-0.2, 0) is 16.0 Å². The SMILES string of the molecule is CCOC(=O)CCc1nnc(Sc2nc3ccccc3s2)s1. The zero-order chi connectivity index (χ0) is 15.4. The quantitative estimate of drug-likeness (QED) is 0.630. The maximum Gasteiger partial charge on any atom is 0.306 e. The third-order valence-corrected chi connectivity index (χ3v) is 5.88. The van der Waals surface area contributed by atoms with Crippen LogP contribution in [0.2, 0.25) is 0 Å². The van der Waals surface area contributed by atoms with Crippen molar-refractivity contribution in [1.29, 1.82) is 0 Å². The maximum atomic E-state index is 11.3. The van der Waals surface area contributed by atoms with E-state index in [1.807, 2.05) is 18.2 Å². The second-order valence-corrected chi connectivity index (χ2v) is 7.90. The van der Waals surface area contributed by atoms with Gasteiger partial charge in [-0.05, 0) is 30.8 Å². The Balaban J connectivity index is 1.62. The van der Waals surface area contributed by atoms with E-state index in [9.17, 15) is 4.79 Å². The minimum atomic E-state index is -0.196. The fourth-order valence-corrected chi connectivity index (χ4v) is 4.96. The Morgan fingerprint density at radius 1 is 1.23 bits per heavy atom. The van der Waals surface area contributed by atoms with Crippen molar-refractivity contribution in [2.45, 2.75) is 28.4 Å². The summed E-state index contributed by atoms with van der Waals surface area (Å²) >= 11 is 4.65. The van der Waals surface area contributed by atoms with Crippen LogP contribution in [0, 0.1) is 0 Å². The summed E-state index contributed by atoms with van der Waals surface area (Å²) in [7, 11) is 0. The molecule has 0 aliphatic heterocycles. The molecule has 0 N–H and O–H groups in total. The Labute approximate surface area is 139 Å². The number of fused-ring (bicyclic) bond motifs is 1. The molecule has 0 bridgehead atoms. The topological polar surface area (TPSA) is 65.0 Å². The number of aromatic nitrogens is 3. The molecular formula is C14H13N3O2S3. The van der Waals surface area contributed by atoms with Crippen molar-refractivity contribution in [2.75, 3.05) is 6.61 Å². The Kier molecular flexibility index (Phi) is 5.01. The average Bonchev–Trinajstić information content (AvgIpc) is 3.11. The van der Waals surface area contributed by atoms with E-state index in [1.54, 1.807) is 18.3 Å². The molecule has 0 saturated carbocycles. The third kappa shape index (κ3) is 3.82. The first-order chi connectivity index (χ1) is 10.7. The summed E-state index contributed by atoms with van der Waals surface area (Å²) in [4.78, 5) is 15.9. The van der Waals surface area contributed by atoms with Gasteiger partial charge in [0.2, 0.25) is 0 Å². The van der Waals surface area contributed by atoms with Crippen molar-refractivity contribution in [3.63, 3.8) is 0 Å². The van der Waals surface area contributed by atoms with Gasteiger partial charge in [0.05, 0.1) is 23.2 Å². The average molecular weight is 351 g/mol. The van der Waals surface area contributed by atoms with Gasteiger partial charge in [-0.15, -0.1) is 21.5 Å². The van der Waals surface area contributed by atoms with Crippen LogP contribution in [-0.4, -0.2) is 27.8 Å². The number of rotatable bonds is 6. The van der Waals surface area contributed by atoms with Crippen LogP contribution >= 0.6 is 34.4 Å². The molecule has 0 radical (unpaired) electrons. The summed E-state index contributed by atoms with van der Waals surface area (Å²) in [6.45, 7) is 2.21. The largest absolute Gasteiger partial charge is 0.466 e. The van der Waals surface area contributed by atoms with Gasteiger partial charge in [0.15, 0.2) is 8.68 Å². The number of ether oxygens (including phenoxy) is 1. The first kappa shape index (κ1) is 15.4. The van der Waals surface area contributed by atoms with Crippen LogP contribution < -0.4 is 0 Å². The van der Waals surface area contributed by atoms with E-state index in [1.165, 1.54) is 23.1 Å². The molecule has 0 unspecified atom stereocenters. The minimum absolute atomic E-state index is 0.196. The van der Waals surface area contributed by atoms with E-state index in [4.69, 9.17) is 4.74 Å². The highest BCUT2D eigenvalue weighted by molar-refractivity contribution is 8.02. The zero-order valence-corrected chi connectivity index (χ0v) is 14.3. The molecular weight excluding hydrogens is 338 g/mol. The number of hydrogen-bond acceptors (Lipinski definition) is 8. The number of carbonyl (C=O) groups is 1. The van der Waals surface area contributed by atoms with E-state index in [2.05, 4.69) is 21.2 Å². The van der Waals surface area contributed by atoms with Crippen molar-refractivity contribution in [1.82, 2.24) is 15.2 Å². The van der Waals surface area contributed by atoms with E-state index in [0.717, 1.165) is 23.9 Å². The predicted octanol–water partition coefficient (Wildman–Crippen LogP) is 3.79. The standard InChI is InChI=1S/C14H13N3O2S3/c1-2-19-12(18)8-7-11-16-17-14(21-11)22-13-15-9-5-3-4-6-10(9)20-13/h3-6H,2,7-8H2,1H3. The predicted molar refractivity (Wildman–Crippen MR) is 88.6 cm³/mol. The molecule has 0 saturated heterocycles. The van der Waals surface area contributed by atoms with Gasteiger partial charge < -0.3 is 4.74 Å². The Bertz CT molecular complexity index is 751. The molecule has 0 fully saturated rings. The summed E-state index contributed by atoms with van der Waals surface area (Å²) in [5, 5.41) is 9.11. The number of aryl methyl sites for hydroxylation is 1. The lowest BCUT2D eigenvalue weighted by Gasteiger charge is -1.98. The lowest BCUT2D eigenvalue weighted by molar-refractivity contribution is -0.143. The molecule has 0 spiro atoms. The lowest BCUT2D eigenvalue weighted by Crippen LogP contribution is -2.04. The summed E-state index contributed by atoms with van der Waals surface area (Å²) in [5.41, 5.74) is 1.00. The molecule has 0 amide bonds. The Morgan fingerprint density at radius 2 is 2.09 bits per heavy atom. The van der Waals surface area contributed by atoms with Crippen LogP contribution in [0.15, 0.2) is 32.9 Å². The molecule has 22 heavy (non-hydrogen) atoms. The number of benzene rings is 1. The summed E-state index contributed by atoms with van der Waals surface area (Å²) in [6.07, 6.45) is 0.908. The molecule has 1 aromatic carbocycles. The number of carbonyl (C=O) groups excluding carboxylic acids is 1. The van der Waals surface area contributed by atoms with E-state index in [-0.39, 0.29) is 5.97 Å². The molecule has 2 aromatic heterocycles. The van der Waals surface area contributed by atoms with Crippen molar-refractivity contribution in [3.8, 4) is 0 Å². The second-order valence-electron chi connectivity index (χ2n) is 4.32. The van der Waals surface area contributed by atoms with Crippen molar-refractivity contribution in [2.24, 2.45) is 0 Å². The second kappa shape index (κ2) is 7.17.